The summed E-state index contributed by atoms with van der Waals surface area (Å²) in [5.41, 5.74) is 5.01. The van der Waals surface area contributed by atoms with E-state index >= 15 is 0 Å². The highest BCUT2D eigenvalue weighted by Crippen LogP contribution is 1.99. The standard InChI is InChI=1S/C8H15N3O/c1-8(2,3)11-7(12)4-6(10)5-9/h6H,4,10H2,1-3H3,(H,11,12). The van der Waals surface area contributed by atoms with E-state index in [1.165, 1.54) is 0 Å². The smallest absolute Gasteiger partial charge is 0.223 e. The average molecular weight is 169 g/mol. The van der Waals surface area contributed by atoms with Crippen molar-refractivity contribution in [2.75, 3.05) is 0 Å². The summed E-state index contributed by atoms with van der Waals surface area (Å²) in [4.78, 5) is 11.1. The van der Waals surface area contributed by atoms with Crippen molar-refractivity contribution < 1.29 is 4.79 Å². The van der Waals surface area contributed by atoms with Crippen LogP contribution in [0.3, 0.4) is 0 Å². The maximum atomic E-state index is 11.1. The van der Waals surface area contributed by atoms with Crippen LogP contribution in [0.4, 0.5) is 0 Å². The Hall–Kier alpha value is -1.08. The van der Waals surface area contributed by atoms with Crippen LogP contribution in [0, 0.1) is 11.3 Å². The van der Waals surface area contributed by atoms with Crippen molar-refractivity contribution in [2.45, 2.75) is 38.8 Å². The molecule has 0 saturated heterocycles. The summed E-state index contributed by atoms with van der Waals surface area (Å²) in [5.74, 6) is -0.184. The highest BCUT2D eigenvalue weighted by molar-refractivity contribution is 5.77. The molecule has 0 aromatic carbocycles. The fourth-order valence-electron chi connectivity index (χ4n) is 0.715. The largest absolute Gasteiger partial charge is 0.351 e. The Kier molecular flexibility index (Phi) is 3.71. The molecule has 4 heteroatoms. The third kappa shape index (κ3) is 5.69. The fourth-order valence-corrected chi connectivity index (χ4v) is 0.715. The highest BCUT2D eigenvalue weighted by Gasteiger charge is 2.15. The Bertz CT molecular complexity index is 199. The number of nitrogens with one attached hydrogen (secondary N) is 1. The van der Waals surface area contributed by atoms with Crippen molar-refractivity contribution in [1.82, 2.24) is 5.32 Å². The number of carbonyl (C=O) groups is 1. The lowest BCUT2D eigenvalue weighted by molar-refractivity contribution is -0.122. The molecule has 68 valence electrons. The summed E-state index contributed by atoms with van der Waals surface area (Å²) < 4.78 is 0. The van der Waals surface area contributed by atoms with Gasteiger partial charge in [-0.2, -0.15) is 5.26 Å². The van der Waals surface area contributed by atoms with Crippen molar-refractivity contribution in [3.63, 3.8) is 0 Å². The molecule has 1 amide bonds. The molecule has 4 nitrogen and oxygen atoms in total. The number of nitriles is 1. The van der Waals surface area contributed by atoms with E-state index in [2.05, 4.69) is 5.32 Å². The van der Waals surface area contributed by atoms with Crippen LogP contribution >= 0.6 is 0 Å². The number of hydrogen-bond acceptors (Lipinski definition) is 3. The summed E-state index contributed by atoms with van der Waals surface area (Å²) in [6, 6.07) is 1.10. The van der Waals surface area contributed by atoms with E-state index < -0.39 is 6.04 Å². The van der Waals surface area contributed by atoms with E-state index in [-0.39, 0.29) is 17.9 Å². The van der Waals surface area contributed by atoms with Gasteiger partial charge in [0.05, 0.1) is 12.5 Å². The molecule has 0 bridgehead atoms. The first kappa shape index (κ1) is 10.9. The predicted molar refractivity (Wildman–Crippen MR) is 46.1 cm³/mol. The molecule has 0 aromatic heterocycles. The minimum absolute atomic E-state index is 0.0633. The predicted octanol–water partition coefficient (Wildman–Crippen LogP) is 0.142. The van der Waals surface area contributed by atoms with Gasteiger partial charge in [0.15, 0.2) is 0 Å². The summed E-state index contributed by atoms with van der Waals surface area (Å²) in [5, 5.41) is 11.0. The molecule has 12 heavy (non-hydrogen) atoms. The van der Waals surface area contributed by atoms with Crippen molar-refractivity contribution in [2.24, 2.45) is 5.73 Å². The maximum absolute atomic E-state index is 11.1. The van der Waals surface area contributed by atoms with Crippen LogP contribution in [0.2, 0.25) is 0 Å². The second kappa shape index (κ2) is 4.07. The molecule has 0 spiro atoms. The Morgan fingerprint density at radius 3 is 2.50 bits per heavy atom. The van der Waals surface area contributed by atoms with Gasteiger partial charge < -0.3 is 11.1 Å². The van der Waals surface area contributed by atoms with Gasteiger partial charge in [-0.05, 0) is 20.8 Å². The quantitative estimate of drug-likeness (QED) is 0.617. The van der Waals surface area contributed by atoms with Gasteiger partial charge in [0.2, 0.25) is 5.91 Å². The van der Waals surface area contributed by atoms with Crippen molar-refractivity contribution in [3.05, 3.63) is 0 Å². The van der Waals surface area contributed by atoms with Crippen LogP contribution in [0.15, 0.2) is 0 Å². The van der Waals surface area contributed by atoms with Gasteiger partial charge in [-0.1, -0.05) is 0 Å². The third-order valence-corrected chi connectivity index (χ3v) is 1.09. The zero-order chi connectivity index (χ0) is 9.78. The first-order chi connectivity index (χ1) is 5.35. The van der Waals surface area contributed by atoms with E-state index in [1.807, 2.05) is 20.8 Å². The molecule has 0 heterocycles. The molecule has 0 saturated carbocycles. The van der Waals surface area contributed by atoms with Crippen molar-refractivity contribution in [3.8, 4) is 6.07 Å². The molecule has 0 radical (unpaired) electrons. The van der Waals surface area contributed by atoms with E-state index in [0.717, 1.165) is 0 Å². The average Bonchev–Trinajstić information content (AvgIpc) is 1.82. The molecule has 3 N–H and O–H groups in total. The molecule has 0 rings (SSSR count). The Labute approximate surface area is 72.7 Å². The molecule has 1 atom stereocenters. The lowest BCUT2D eigenvalue weighted by atomic mass is 10.1. The highest BCUT2D eigenvalue weighted by atomic mass is 16.1. The van der Waals surface area contributed by atoms with E-state index in [1.54, 1.807) is 6.07 Å². The Morgan fingerprint density at radius 1 is 1.67 bits per heavy atom. The van der Waals surface area contributed by atoms with Gasteiger partial charge in [0.1, 0.15) is 6.04 Å². The second-order valence-corrected chi connectivity index (χ2v) is 3.74. The lowest BCUT2D eigenvalue weighted by Crippen LogP contribution is -2.42. The fraction of sp³-hybridized carbons (Fsp3) is 0.750. The first-order valence-corrected chi connectivity index (χ1v) is 3.81. The van der Waals surface area contributed by atoms with Crippen LogP contribution in [-0.4, -0.2) is 17.5 Å². The SMILES string of the molecule is CC(C)(C)NC(=O)CC(N)C#N. The monoisotopic (exact) mass is 169 g/mol. The van der Waals surface area contributed by atoms with Gasteiger partial charge in [-0.25, -0.2) is 0 Å². The van der Waals surface area contributed by atoms with Gasteiger partial charge in [-0.15, -0.1) is 0 Å². The maximum Gasteiger partial charge on any atom is 0.223 e. The minimum Gasteiger partial charge on any atom is -0.351 e. The Morgan fingerprint density at radius 2 is 2.17 bits per heavy atom. The molecule has 1 unspecified atom stereocenters. The van der Waals surface area contributed by atoms with Crippen LogP contribution in [0.1, 0.15) is 27.2 Å². The second-order valence-electron chi connectivity index (χ2n) is 3.74. The molecule has 0 fully saturated rings. The molecular formula is C8H15N3O. The lowest BCUT2D eigenvalue weighted by Gasteiger charge is -2.20. The van der Waals surface area contributed by atoms with Gasteiger partial charge in [0, 0.05) is 5.54 Å². The summed E-state index contributed by atoms with van der Waals surface area (Å²) >= 11 is 0. The summed E-state index contributed by atoms with van der Waals surface area (Å²) in [6.07, 6.45) is 0.0633. The first-order valence-electron chi connectivity index (χ1n) is 3.81. The van der Waals surface area contributed by atoms with Crippen LogP contribution in [0.5, 0.6) is 0 Å². The van der Waals surface area contributed by atoms with Gasteiger partial charge in [0.25, 0.3) is 0 Å². The number of rotatable bonds is 2. The third-order valence-electron chi connectivity index (χ3n) is 1.09. The number of hydrogen-bond donors (Lipinski definition) is 2. The van der Waals surface area contributed by atoms with E-state index in [4.69, 9.17) is 11.0 Å². The zero-order valence-electron chi connectivity index (χ0n) is 7.72. The summed E-state index contributed by atoms with van der Waals surface area (Å²) in [7, 11) is 0. The molecule has 0 aliphatic carbocycles. The topological polar surface area (TPSA) is 78.9 Å². The van der Waals surface area contributed by atoms with Gasteiger partial charge in [-0.3, -0.25) is 4.79 Å². The van der Waals surface area contributed by atoms with Crippen LogP contribution < -0.4 is 11.1 Å². The Balaban J connectivity index is 3.85. The number of nitrogens with two attached hydrogens (primary N) is 1. The normalized spacial score (nSPS) is 13.2. The summed E-state index contributed by atoms with van der Waals surface area (Å²) in [6.45, 7) is 5.63. The number of nitrogens with zero attached hydrogens (tertiary/aromatic N) is 1. The molecule has 0 aliphatic heterocycles. The van der Waals surface area contributed by atoms with Crippen molar-refractivity contribution >= 4 is 5.91 Å². The van der Waals surface area contributed by atoms with Crippen molar-refractivity contribution in [1.29, 1.82) is 5.26 Å². The van der Waals surface area contributed by atoms with E-state index in [9.17, 15) is 4.79 Å². The molecular weight excluding hydrogens is 154 g/mol. The zero-order valence-corrected chi connectivity index (χ0v) is 7.72. The van der Waals surface area contributed by atoms with Crippen LogP contribution in [-0.2, 0) is 4.79 Å². The van der Waals surface area contributed by atoms with E-state index in [0.29, 0.717) is 0 Å². The minimum atomic E-state index is -0.702. The number of carbonyl (C=O) groups excluding carboxylic acids is 1. The van der Waals surface area contributed by atoms with Crippen LogP contribution in [0.25, 0.3) is 0 Å². The molecule has 0 aromatic rings. The molecule has 0 aliphatic rings. The van der Waals surface area contributed by atoms with Gasteiger partial charge >= 0.3 is 0 Å². The number of amides is 1.